The largest absolute Gasteiger partial charge is 0.641 e. The molecular weight excluding hydrogens is 315 g/mol. The van der Waals surface area contributed by atoms with Gasteiger partial charge in [-0.2, -0.15) is 0 Å². The maximum absolute atomic E-state index is 6.24. The third kappa shape index (κ3) is 3.74. The first-order chi connectivity index (χ1) is 11.8. The van der Waals surface area contributed by atoms with Crippen molar-refractivity contribution in [1.82, 2.24) is 0 Å². The molecule has 1 aliphatic rings. The number of hydrogen-bond donors (Lipinski definition) is 0. The average Bonchev–Trinajstić information content (AvgIpc) is 2.80. The molecule has 1 saturated heterocycles. The summed E-state index contributed by atoms with van der Waals surface area (Å²) in [6.45, 7) is 8.06. The summed E-state index contributed by atoms with van der Waals surface area (Å²) in [4.78, 5) is 0. The van der Waals surface area contributed by atoms with Crippen molar-refractivity contribution in [3.8, 4) is 5.75 Å². The van der Waals surface area contributed by atoms with E-state index < -0.39 is 18.5 Å². The van der Waals surface area contributed by atoms with Gasteiger partial charge in [-0.3, -0.25) is 0 Å². The van der Waals surface area contributed by atoms with Crippen LogP contribution in [-0.4, -0.2) is 25.6 Å². The lowest BCUT2D eigenvalue weighted by Gasteiger charge is -2.31. The van der Waals surface area contributed by atoms with Gasteiger partial charge in [-0.05, 0) is 51.0 Å². The molecule has 0 saturated carbocycles. The third-order valence-electron chi connectivity index (χ3n) is 5.00. The average molecular weight is 340 g/mol. The fourth-order valence-electron chi connectivity index (χ4n) is 2.71. The Morgan fingerprint density at radius 3 is 1.84 bits per heavy atom. The minimum atomic E-state index is -0.725. The summed E-state index contributed by atoms with van der Waals surface area (Å²) >= 11 is 0. The predicted octanol–water partition coefficient (Wildman–Crippen LogP) is 4.39. The van der Waals surface area contributed by atoms with Gasteiger partial charge in [0, 0.05) is 0 Å². The second-order valence-electron chi connectivity index (χ2n) is 7.24. The van der Waals surface area contributed by atoms with Gasteiger partial charge in [-0.15, -0.1) is 0 Å². The van der Waals surface area contributed by atoms with Gasteiger partial charge < -0.3 is 18.7 Å². The van der Waals surface area contributed by atoms with Crippen LogP contribution in [0.4, 0.5) is 0 Å². The molecule has 2 aromatic carbocycles. The summed E-state index contributed by atoms with van der Waals surface area (Å²) in [5.74, 6) is 0.811. The van der Waals surface area contributed by atoms with Crippen LogP contribution in [0.2, 0.25) is 0 Å². The molecule has 0 N–H and O–H groups in total. The molecule has 0 spiro atoms. The highest BCUT2D eigenvalue weighted by Crippen LogP contribution is 2.39. The molecule has 25 heavy (non-hydrogen) atoms. The molecule has 2 aromatic rings. The van der Waals surface area contributed by atoms with E-state index in [9.17, 15) is 0 Å². The minimum Gasteiger partial charge on any atom is -0.497 e. The molecule has 132 valence electrons. The summed E-state index contributed by atoms with van der Waals surface area (Å²) < 4.78 is 23.5. The smallest absolute Gasteiger partial charge is 0.497 e. The Bertz CT molecular complexity index is 681. The SMILES string of the molecule is COc1ccc(C(OB2OC(C)(C)C(C)(C)O2)c2ccccc2)cc1. The first kappa shape index (κ1) is 18.0. The molecular formula is C20H25BO4. The number of hydrogen-bond acceptors (Lipinski definition) is 4. The molecule has 0 bridgehead atoms. The number of benzene rings is 2. The number of ether oxygens (including phenoxy) is 1. The summed E-state index contributed by atoms with van der Waals surface area (Å²) in [7, 11) is 0.933. The highest BCUT2D eigenvalue weighted by Gasteiger charge is 2.53. The van der Waals surface area contributed by atoms with E-state index in [0.29, 0.717) is 0 Å². The van der Waals surface area contributed by atoms with Crippen LogP contribution in [-0.2, 0) is 14.0 Å². The van der Waals surface area contributed by atoms with Crippen LogP contribution in [0.1, 0.15) is 44.9 Å². The molecule has 1 unspecified atom stereocenters. The van der Waals surface area contributed by atoms with Crippen molar-refractivity contribution in [3.63, 3.8) is 0 Å². The van der Waals surface area contributed by atoms with Crippen LogP contribution in [0.3, 0.4) is 0 Å². The van der Waals surface area contributed by atoms with E-state index in [-0.39, 0.29) is 6.10 Å². The third-order valence-corrected chi connectivity index (χ3v) is 5.00. The van der Waals surface area contributed by atoms with E-state index in [1.54, 1.807) is 7.11 Å². The summed E-state index contributed by atoms with van der Waals surface area (Å²) in [5.41, 5.74) is 1.20. The van der Waals surface area contributed by atoms with Crippen molar-refractivity contribution in [2.75, 3.05) is 7.11 Å². The molecule has 0 aliphatic carbocycles. The second kappa shape index (κ2) is 6.83. The van der Waals surface area contributed by atoms with Crippen molar-refractivity contribution in [2.45, 2.75) is 45.0 Å². The molecule has 1 aliphatic heterocycles. The lowest BCUT2D eigenvalue weighted by atomic mass is 9.90. The van der Waals surface area contributed by atoms with E-state index in [2.05, 4.69) is 0 Å². The van der Waals surface area contributed by atoms with Gasteiger partial charge in [-0.1, -0.05) is 42.5 Å². The van der Waals surface area contributed by atoms with Gasteiger partial charge in [0.05, 0.1) is 24.4 Å². The number of methoxy groups -OCH3 is 1. The molecule has 1 atom stereocenters. The molecule has 3 rings (SSSR count). The van der Waals surface area contributed by atoms with E-state index in [1.165, 1.54) is 0 Å². The molecule has 0 amide bonds. The first-order valence-corrected chi connectivity index (χ1v) is 8.52. The Balaban J connectivity index is 1.87. The van der Waals surface area contributed by atoms with E-state index >= 15 is 0 Å². The van der Waals surface area contributed by atoms with Crippen molar-refractivity contribution >= 4 is 7.32 Å². The molecule has 0 radical (unpaired) electrons. The van der Waals surface area contributed by atoms with Crippen LogP contribution in [0, 0.1) is 0 Å². The minimum absolute atomic E-state index is 0.290. The van der Waals surface area contributed by atoms with Crippen LogP contribution in [0.25, 0.3) is 0 Å². The van der Waals surface area contributed by atoms with Gasteiger partial charge >= 0.3 is 7.32 Å². The van der Waals surface area contributed by atoms with Crippen molar-refractivity contribution in [3.05, 3.63) is 65.7 Å². The zero-order chi connectivity index (χ0) is 18.1. The zero-order valence-corrected chi connectivity index (χ0v) is 15.5. The molecule has 1 fully saturated rings. The van der Waals surface area contributed by atoms with Gasteiger partial charge in [0.2, 0.25) is 0 Å². The fraction of sp³-hybridized carbons (Fsp3) is 0.400. The lowest BCUT2D eigenvalue weighted by Crippen LogP contribution is -2.41. The lowest BCUT2D eigenvalue weighted by molar-refractivity contribution is 0.00578. The Hall–Kier alpha value is -1.82. The Labute approximate surface area is 150 Å². The van der Waals surface area contributed by atoms with E-state index in [0.717, 1.165) is 16.9 Å². The monoisotopic (exact) mass is 340 g/mol. The molecule has 4 nitrogen and oxygen atoms in total. The first-order valence-electron chi connectivity index (χ1n) is 8.52. The Morgan fingerprint density at radius 1 is 0.800 bits per heavy atom. The van der Waals surface area contributed by atoms with Crippen molar-refractivity contribution in [2.24, 2.45) is 0 Å². The number of rotatable bonds is 5. The van der Waals surface area contributed by atoms with E-state index in [1.807, 2.05) is 82.3 Å². The van der Waals surface area contributed by atoms with Crippen LogP contribution >= 0.6 is 0 Å². The van der Waals surface area contributed by atoms with Gasteiger partial charge in [0.15, 0.2) is 0 Å². The van der Waals surface area contributed by atoms with E-state index in [4.69, 9.17) is 18.7 Å². The Kier molecular flexibility index (Phi) is 4.91. The highest BCUT2D eigenvalue weighted by molar-refractivity contribution is 6.37. The molecule has 5 heteroatoms. The normalized spacial score (nSPS) is 19.6. The fourth-order valence-corrected chi connectivity index (χ4v) is 2.71. The van der Waals surface area contributed by atoms with Crippen LogP contribution in [0.5, 0.6) is 5.75 Å². The molecule has 0 aromatic heterocycles. The van der Waals surface area contributed by atoms with Crippen LogP contribution in [0.15, 0.2) is 54.6 Å². The zero-order valence-electron chi connectivity index (χ0n) is 15.5. The summed E-state index contributed by atoms with van der Waals surface area (Å²) in [6, 6.07) is 17.9. The van der Waals surface area contributed by atoms with Crippen LogP contribution < -0.4 is 4.74 Å². The maximum atomic E-state index is 6.24. The van der Waals surface area contributed by atoms with Gasteiger partial charge in [-0.25, -0.2) is 0 Å². The van der Waals surface area contributed by atoms with Gasteiger partial charge in [0.25, 0.3) is 0 Å². The summed E-state index contributed by atoms with van der Waals surface area (Å²) in [6.07, 6.45) is -0.290. The maximum Gasteiger partial charge on any atom is 0.641 e. The summed E-state index contributed by atoms with van der Waals surface area (Å²) in [5, 5.41) is 0. The standard InChI is InChI=1S/C20H25BO4/c1-19(2)20(3,4)25-21(24-19)23-18(15-9-7-6-8-10-15)16-11-13-17(22-5)14-12-16/h6-14,18H,1-5H3. The predicted molar refractivity (Wildman–Crippen MR) is 98.4 cm³/mol. The topological polar surface area (TPSA) is 36.9 Å². The van der Waals surface area contributed by atoms with Gasteiger partial charge in [0.1, 0.15) is 5.75 Å². The van der Waals surface area contributed by atoms with Crippen molar-refractivity contribution < 1.29 is 18.7 Å². The molecule has 1 heterocycles. The Morgan fingerprint density at radius 2 is 1.32 bits per heavy atom. The highest BCUT2D eigenvalue weighted by atomic mass is 16.8. The van der Waals surface area contributed by atoms with Crippen molar-refractivity contribution in [1.29, 1.82) is 0 Å². The second-order valence-corrected chi connectivity index (χ2v) is 7.24. The quantitative estimate of drug-likeness (QED) is 0.757.